The minimum atomic E-state index is -0.605. The molecule has 1 heterocycles. The van der Waals surface area contributed by atoms with Gasteiger partial charge in [0.1, 0.15) is 0 Å². The molecule has 0 aliphatic heterocycles. The summed E-state index contributed by atoms with van der Waals surface area (Å²) in [6.45, 7) is 2.51. The predicted octanol–water partition coefficient (Wildman–Crippen LogP) is 2.60. The number of nitrogens with zero attached hydrogens (tertiary/aromatic N) is 1. The van der Waals surface area contributed by atoms with Crippen molar-refractivity contribution in [2.75, 3.05) is 13.7 Å². The molecule has 1 aromatic heterocycles. The van der Waals surface area contributed by atoms with Gasteiger partial charge < -0.3 is 25.5 Å². The summed E-state index contributed by atoms with van der Waals surface area (Å²) in [6, 6.07) is 16.6. The first-order valence-electron chi connectivity index (χ1n) is 12.4. The van der Waals surface area contributed by atoms with E-state index in [0.717, 1.165) is 36.1 Å². The van der Waals surface area contributed by atoms with Crippen LogP contribution < -0.4 is 16.2 Å². The molecule has 1 unspecified atom stereocenters. The minimum absolute atomic E-state index is 0.192. The summed E-state index contributed by atoms with van der Waals surface area (Å²) in [4.78, 5) is 29.8. The van der Waals surface area contributed by atoms with Crippen LogP contribution in [-0.4, -0.2) is 46.8 Å². The van der Waals surface area contributed by atoms with Gasteiger partial charge >= 0.3 is 0 Å². The summed E-state index contributed by atoms with van der Waals surface area (Å²) < 4.78 is 5.32. The Kier molecular flexibility index (Phi) is 8.72. The molecule has 1 aliphatic rings. The van der Waals surface area contributed by atoms with Crippen LogP contribution in [0.4, 0.5) is 0 Å². The summed E-state index contributed by atoms with van der Waals surface area (Å²) in [5, 5.41) is 16.5. The maximum atomic E-state index is 11.8. The molecule has 1 fully saturated rings. The summed E-state index contributed by atoms with van der Waals surface area (Å²) in [5.74, 6) is 5.42. The highest BCUT2D eigenvalue weighted by molar-refractivity contribution is 5.72. The molecule has 0 spiro atoms. The van der Waals surface area contributed by atoms with Crippen molar-refractivity contribution in [3.05, 3.63) is 93.2 Å². The smallest absolute Gasteiger partial charge is 0.293 e. The van der Waals surface area contributed by atoms with Crippen LogP contribution in [0.1, 0.15) is 53.6 Å². The number of H-pyrrole nitrogens is 1. The number of amides is 1. The molecule has 1 atom stereocenters. The lowest BCUT2D eigenvalue weighted by Gasteiger charge is -2.34. The van der Waals surface area contributed by atoms with Gasteiger partial charge in [0.05, 0.1) is 18.1 Å². The van der Waals surface area contributed by atoms with Crippen LogP contribution in [0, 0.1) is 11.8 Å². The highest BCUT2D eigenvalue weighted by atomic mass is 16.5. The Morgan fingerprint density at radius 1 is 1.11 bits per heavy atom. The molecule has 4 rings (SSSR count). The van der Waals surface area contributed by atoms with Gasteiger partial charge in [0.25, 0.3) is 5.56 Å². The number of carbonyl (C=O) groups excluding carboxylic acids is 1. The zero-order valence-corrected chi connectivity index (χ0v) is 21.1. The fraction of sp³-hybridized carbons (Fsp3) is 0.345. The predicted molar refractivity (Wildman–Crippen MR) is 141 cm³/mol. The van der Waals surface area contributed by atoms with Crippen molar-refractivity contribution in [2.24, 2.45) is 0 Å². The number of aromatic nitrogens is 2. The number of rotatable bonds is 9. The van der Waals surface area contributed by atoms with E-state index in [0.29, 0.717) is 18.6 Å². The number of ether oxygens (including phenoxy) is 1. The molecule has 0 bridgehead atoms. The molecule has 1 saturated carbocycles. The van der Waals surface area contributed by atoms with E-state index in [1.807, 2.05) is 36.4 Å². The molecule has 0 radical (unpaired) electrons. The average Bonchev–Trinajstić information content (AvgIpc) is 2.87. The molecule has 0 saturated heterocycles. The van der Waals surface area contributed by atoms with Gasteiger partial charge in [0.15, 0.2) is 0 Å². The van der Waals surface area contributed by atoms with Gasteiger partial charge in [-0.2, -0.15) is 0 Å². The average molecular weight is 501 g/mol. The normalized spacial score (nSPS) is 17.2. The van der Waals surface area contributed by atoms with Crippen molar-refractivity contribution in [3.63, 3.8) is 0 Å². The summed E-state index contributed by atoms with van der Waals surface area (Å²) in [5.41, 5.74) is 3.68. The van der Waals surface area contributed by atoms with Gasteiger partial charge in [-0.25, -0.2) is 4.98 Å². The summed E-state index contributed by atoms with van der Waals surface area (Å²) >= 11 is 0. The summed E-state index contributed by atoms with van der Waals surface area (Å²) in [7, 11) is 1.77. The van der Waals surface area contributed by atoms with Gasteiger partial charge in [-0.1, -0.05) is 36.1 Å². The van der Waals surface area contributed by atoms with E-state index in [1.54, 1.807) is 7.11 Å². The molecule has 2 aromatic carbocycles. The van der Waals surface area contributed by atoms with Crippen molar-refractivity contribution in [2.45, 2.75) is 50.8 Å². The van der Waals surface area contributed by atoms with Gasteiger partial charge in [0.2, 0.25) is 11.7 Å². The maximum absolute atomic E-state index is 11.8. The first-order chi connectivity index (χ1) is 17.9. The van der Waals surface area contributed by atoms with E-state index >= 15 is 0 Å². The molecule has 3 aromatic rings. The van der Waals surface area contributed by atoms with E-state index in [9.17, 15) is 14.7 Å². The zero-order chi connectivity index (χ0) is 26.2. The molecular formula is C29H32N4O4. The van der Waals surface area contributed by atoms with E-state index in [-0.39, 0.29) is 24.1 Å². The Bertz CT molecular complexity index is 1320. The van der Waals surface area contributed by atoms with Crippen molar-refractivity contribution in [1.82, 2.24) is 20.6 Å². The SMILES string of the molecule is COC1CC(NCc2ccc(C#Cc3ccc(CC(CNC(C)=O)c4nc[nH]c(=O)c4O)cc3)cc2)C1. The number of benzene rings is 2. The van der Waals surface area contributed by atoms with E-state index in [1.165, 1.54) is 18.8 Å². The van der Waals surface area contributed by atoms with E-state index < -0.39 is 11.3 Å². The first-order valence-corrected chi connectivity index (χ1v) is 12.4. The monoisotopic (exact) mass is 500 g/mol. The molecule has 37 heavy (non-hydrogen) atoms. The molecule has 8 heteroatoms. The van der Waals surface area contributed by atoms with E-state index in [2.05, 4.69) is 44.6 Å². The van der Waals surface area contributed by atoms with Crippen LogP contribution in [0.15, 0.2) is 59.7 Å². The lowest BCUT2D eigenvalue weighted by molar-refractivity contribution is -0.119. The number of carbonyl (C=O) groups is 1. The third-order valence-electron chi connectivity index (χ3n) is 6.61. The standard InChI is InChI=1S/C29H32N4O4/c1-19(34)30-17-24(27-28(35)29(36)33-18-32-27)13-22-9-5-20(6-10-22)3-4-21-7-11-23(12-8-21)16-31-25-14-26(15-25)37-2/h5-12,18,24-26,31,35H,13-17H2,1-2H3,(H,30,34)(H,32,33,36). The topological polar surface area (TPSA) is 116 Å². The lowest BCUT2D eigenvalue weighted by Crippen LogP contribution is -2.44. The fourth-order valence-electron chi connectivity index (χ4n) is 4.28. The molecular weight excluding hydrogens is 468 g/mol. The Balaban J connectivity index is 1.36. The van der Waals surface area contributed by atoms with Crippen LogP contribution in [0.25, 0.3) is 0 Å². The molecule has 1 amide bonds. The van der Waals surface area contributed by atoms with Gasteiger partial charge in [0, 0.05) is 50.2 Å². The van der Waals surface area contributed by atoms with Crippen molar-refractivity contribution < 1.29 is 14.6 Å². The summed E-state index contributed by atoms with van der Waals surface area (Å²) in [6.07, 6.45) is 4.28. The molecule has 8 nitrogen and oxygen atoms in total. The third kappa shape index (κ3) is 7.29. The largest absolute Gasteiger partial charge is 0.502 e. The second-order valence-corrected chi connectivity index (χ2v) is 9.35. The number of aromatic hydroxyl groups is 1. The zero-order valence-electron chi connectivity index (χ0n) is 21.1. The number of hydrogen-bond donors (Lipinski definition) is 4. The maximum Gasteiger partial charge on any atom is 0.293 e. The number of nitrogens with one attached hydrogen (secondary N) is 3. The number of aromatic amines is 1. The van der Waals surface area contributed by atoms with Crippen molar-refractivity contribution >= 4 is 5.91 Å². The molecule has 4 N–H and O–H groups in total. The molecule has 1 aliphatic carbocycles. The van der Waals surface area contributed by atoms with Crippen LogP contribution in [0.3, 0.4) is 0 Å². The fourth-order valence-corrected chi connectivity index (χ4v) is 4.28. The van der Waals surface area contributed by atoms with Gasteiger partial charge in [-0.3, -0.25) is 9.59 Å². The second-order valence-electron chi connectivity index (χ2n) is 9.35. The highest BCUT2D eigenvalue weighted by Crippen LogP contribution is 2.24. The van der Waals surface area contributed by atoms with E-state index in [4.69, 9.17) is 4.74 Å². The second kappa shape index (κ2) is 12.3. The highest BCUT2D eigenvalue weighted by Gasteiger charge is 2.28. The van der Waals surface area contributed by atoms with Crippen LogP contribution >= 0.6 is 0 Å². The van der Waals surface area contributed by atoms with Crippen LogP contribution in [-0.2, 0) is 22.5 Å². The Morgan fingerprint density at radius 3 is 2.32 bits per heavy atom. The quantitative estimate of drug-likeness (QED) is 0.336. The van der Waals surface area contributed by atoms with Gasteiger partial charge in [-0.15, -0.1) is 0 Å². The molecule has 192 valence electrons. The minimum Gasteiger partial charge on any atom is -0.502 e. The van der Waals surface area contributed by atoms with Crippen LogP contribution in [0.2, 0.25) is 0 Å². The number of hydrogen-bond acceptors (Lipinski definition) is 6. The first kappa shape index (κ1) is 26.1. The van der Waals surface area contributed by atoms with Gasteiger partial charge in [-0.05, 0) is 54.7 Å². The van der Waals surface area contributed by atoms with Crippen molar-refractivity contribution in [1.29, 1.82) is 0 Å². The van der Waals surface area contributed by atoms with Crippen molar-refractivity contribution in [3.8, 4) is 17.6 Å². The van der Waals surface area contributed by atoms with Crippen LogP contribution in [0.5, 0.6) is 5.75 Å². The lowest BCUT2D eigenvalue weighted by atomic mass is 9.89. The third-order valence-corrected chi connectivity index (χ3v) is 6.61. The Morgan fingerprint density at radius 2 is 1.73 bits per heavy atom. The number of methoxy groups -OCH3 is 1. The Labute approximate surface area is 216 Å². The Hall–Kier alpha value is -3.93.